The second-order valence-electron chi connectivity index (χ2n) is 4.28. The fourth-order valence-corrected chi connectivity index (χ4v) is 1.94. The predicted molar refractivity (Wildman–Crippen MR) is 68.5 cm³/mol. The first-order valence-electron chi connectivity index (χ1n) is 5.67. The van der Waals surface area contributed by atoms with E-state index in [1.54, 1.807) is 12.4 Å². The van der Waals surface area contributed by atoms with Crippen LogP contribution in [-0.4, -0.2) is 4.98 Å². The van der Waals surface area contributed by atoms with Crippen molar-refractivity contribution in [3.8, 4) is 17.2 Å². The Balaban J connectivity index is 2.64. The van der Waals surface area contributed by atoms with Crippen LogP contribution in [0.1, 0.15) is 30.9 Å². The van der Waals surface area contributed by atoms with E-state index >= 15 is 0 Å². The average Bonchev–Trinajstić information content (AvgIpc) is 2.38. The minimum atomic E-state index is 0.348. The van der Waals surface area contributed by atoms with Gasteiger partial charge >= 0.3 is 0 Å². The molecule has 0 aliphatic carbocycles. The van der Waals surface area contributed by atoms with Gasteiger partial charge in [0.1, 0.15) is 6.07 Å². The van der Waals surface area contributed by atoms with Crippen LogP contribution in [-0.2, 0) is 0 Å². The fraction of sp³-hybridized carbons (Fsp3) is 0.200. The molecular weight excluding hydrogens is 208 g/mol. The van der Waals surface area contributed by atoms with Crippen molar-refractivity contribution in [2.45, 2.75) is 19.8 Å². The molecule has 1 heterocycles. The first-order valence-corrected chi connectivity index (χ1v) is 5.67. The second kappa shape index (κ2) is 4.80. The normalized spacial score (nSPS) is 10.2. The van der Waals surface area contributed by atoms with E-state index in [4.69, 9.17) is 0 Å². The molecule has 0 aliphatic rings. The lowest BCUT2D eigenvalue weighted by atomic mass is 9.91. The number of nitriles is 1. The molecule has 17 heavy (non-hydrogen) atoms. The van der Waals surface area contributed by atoms with Gasteiger partial charge in [-0.25, -0.2) is 0 Å². The minimum absolute atomic E-state index is 0.348. The average molecular weight is 222 g/mol. The van der Waals surface area contributed by atoms with Crippen LogP contribution >= 0.6 is 0 Å². The van der Waals surface area contributed by atoms with Gasteiger partial charge in [-0.15, -0.1) is 0 Å². The molecule has 0 fully saturated rings. The SMILES string of the molecule is CC(C)c1cccc(-c2cccnc2)c1C#N. The van der Waals surface area contributed by atoms with Crippen molar-refractivity contribution < 1.29 is 0 Å². The van der Waals surface area contributed by atoms with E-state index in [-0.39, 0.29) is 0 Å². The quantitative estimate of drug-likeness (QED) is 0.776. The van der Waals surface area contributed by atoms with Crippen molar-refractivity contribution in [1.82, 2.24) is 4.98 Å². The van der Waals surface area contributed by atoms with E-state index in [1.807, 2.05) is 30.3 Å². The van der Waals surface area contributed by atoms with Crippen LogP contribution in [0.4, 0.5) is 0 Å². The smallest absolute Gasteiger partial charge is 0.100 e. The zero-order valence-corrected chi connectivity index (χ0v) is 10.0. The van der Waals surface area contributed by atoms with Crippen molar-refractivity contribution in [3.05, 3.63) is 53.9 Å². The monoisotopic (exact) mass is 222 g/mol. The van der Waals surface area contributed by atoms with Crippen LogP contribution in [0.15, 0.2) is 42.7 Å². The Hall–Kier alpha value is -2.14. The molecule has 0 atom stereocenters. The Morgan fingerprint density at radius 1 is 1.18 bits per heavy atom. The lowest BCUT2D eigenvalue weighted by Crippen LogP contribution is -1.95. The first kappa shape index (κ1) is 11.3. The lowest BCUT2D eigenvalue weighted by molar-refractivity contribution is 0.863. The molecule has 2 heteroatoms. The molecule has 0 saturated carbocycles. The van der Waals surface area contributed by atoms with Gasteiger partial charge in [-0.3, -0.25) is 4.98 Å². The Kier molecular flexibility index (Phi) is 3.20. The summed E-state index contributed by atoms with van der Waals surface area (Å²) in [4.78, 5) is 4.10. The number of hydrogen-bond acceptors (Lipinski definition) is 2. The Morgan fingerprint density at radius 3 is 2.59 bits per heavy atom. The molecule has 0 radical (unpaired) electrons. The van der Waals surface area contributed by atoms with Crippen molar-refractivity contribution in [2.75, 3.05) is 0 Å². The maximum absolute atomic E-state index is 9.34. The zero-order valence-electron chi connectivity index (χ0n) is 10.0. The molecule has 0 bridgehead atoms. The summed E-state index contributed by atoms with van der Waals surface area (Å²) in [7, 11) is 0. The van der Waals surface area contributed by atoms with E-state index in [0.717, 1.165) is 22.3 Å². The third-order valence-electron chi connectivity index (χ3n) is 2.80. The molecule has 2 nitrogen and oxygen atoms in total. The summed E-state index contributed by atoms with van der Waals surface area (Å²) < 4.78 is 0. The largest absolute Gasteiger partial charge is 0.264 e. The molecule has 0 spiro atoms. The van der Waals surface area contributed by atoms with Crippen molar-refractivity contribution in [3.63, 3.8) is 0 Å². The second-order valence-corrected chi connectivity index (χ2v) is 4.28. The van der Waals surface area contributed by atoms with Crippen LogP contribution in [0.3, 0.4) is 0 Å². The third-order valence-corrected chi connectivity index (χ3v) is 2.80. The molecule has 2 rings (SSSR count). The summed E-state index contributed by atoms with van der Waals surface area (Å²) in [5, 5.41) is 9.34. The number of aromatic nitrogens is 1. The number of nitrogens with zero attached hydrogens (tertiary/aromatic N) is 2. The molecule has 1 aromatic carbocycles. The van der Waals surface area contributed by atoms with E-state index in [9.17, 15) is 5.26 Å². The van der Waals surface area contributed by atoms with E-state index in [1.165, 1.54) is 0 Å². The molecule has 0 saturated heterocycles. The standard InChI is InChI=1S/C15H14N2/c1-11(2)13-6-3-7-14(15(13)9-16)12-5-4-8-17-10-12/h3-8,10-11H,1-2H3. The lowest BCUT2D eigenvalue weighted by Gasteiger charge is -2.11. The van der Waals surface area contributed by atoms with Gasteiger partial charge in [-0.05, 0) is 17.5 Å². The third kappa shape index (κ3) is 2.19. The van der Waals surface area contributed by atoms with Crippen LogP contribution in [0, 0.1) is 11.3 Å². The van der Waals surface area contributed by atoms with Gasteiger partial charge in [-0.2, -0.15) is 5.26 Å². The Morgan fingerprint density at radius 2 is 2.00 bits per heavy atom. The zero-order chi connectivity index (χ0) is 12.3. The summed E-state index contributed by atoms with van der Waals surface area (Å²) in [6.07, 6.45) is 3.53. The number of hydrogen-bond donors (Lipinski definition) is 0. The highest BCUT2D eigenvalue weighted by molar-refractivity contribution is 5.71. The van der Waals surface area contributed by atoms with Crippen LogP contribution in [0.2, 0.25) is 0 Å². The summed E-state index contributed by atoms with van der Waals surface area (Å²) in [6, 6.07) is 12.2. The van der Waals surface area contributed by atoms with Gasteiger partial charge in [-0.1, -0.05) is 38.1 Å². The molecule has 0 N–H and O–H groups in total. The van der Waals surface area contributed by atoms with Crippen molar-refractivity contribution >= 4 is 0 Å². The van der Waals surface area contributed by atoms with Crippen molar-refractivity contribution in [2.24, 2.45) is 0 Å². The molecule has 0 aliphatic heterocycles. The van der Waals surface area contributed by atoms with Gasteiger partial charge < -0.3 is 0 Å². The maximum atomic E-state index is 9.34. The molecule has 1 aromatic heterocycles. The Labute approximate surface area is 102 Å². The first-order chi connectivity index (χ1) is 8.24. The highest BCUT2D eigenvalue weighted by atomic mass is 14.6. The molecule has 0 unspecified atom stereocenters. The van der Waals surface area contributed by atoms with Crippen LogP contribution in [0.25, 0.3) is 11.1 Å². The maximum Gasteiger partial charge on any atom is 0.100 e. The van der Waals surface area contributed by atoms with E-state index < -0.39 is 0 Å². The molecule has 0 amide bonds. The Bertz CT molecular complexity index is 551. The summed E-state index contributed by atoms with van der Waals surface area (Å²) in [5.74, 6) is 0.348. The number of benzene rings is 1. The molecule has 84 valence electrons. The van der Waals surface area contributed by atoms with Gasteiger partial charge in [0.2, 0.25) is 0 Å². The van der Waals surface area contributed by atoms with E-state index in [2.05, 4.69) is 24.9 Å². The summed E-state index contributed by atoms with van der Waals surface area (Å²) >= 11 is 0. The summed E-state index contributed by atoms with van der Waals surface area (Å²) in [5.41, 5.74) is 3.81. The van der Waals surface area contributed by atoms with Gasteiger partial charge in [0.05, 0.1) is 5.56 Å². The van der Waals surface area contributed by atoms with Crippen LogP contribution < -0.4 is 0 Å². The molecular formula is C15H14N2. The van der Waals surface area contributed by atoms with Gasteiger partial charge in [0, 0.05) is 23.5 Å². The van der Waals surface area contributed by atoms with Crippen LogP contribution in [0.5, 0.6) is 0 Å². The van der Waals surface area contributed by atoms with Crippen molar-refractivity contribution in [1.29, 1.82) is 5.26 Å². The van der Waals surface area contributed by atoms with E-state index in [0.29, 0.717) is 5.92 Å². The predicted octanol–water partition coefficient (Wildman–Crippen LogP) is 3.74. The van der Waals surface area contributed by atoms with Gasteiger partial charge in [0.25, 0.3) is 0 Å². The number of pyridine rings is 1. The fourth-order valence-electron chi connectivity index (χ4n) is 1.94. The van der Waals surface area contributed by atoms with Gasteiger partial charge in [0.15, 0.2) is 0 Å². The highest BCUT2D eigenvalue weighted by Gasteiger charge is 2.11. The highest BCUT2D eigenvalue weighted by Crippen LogP contribution is 2.28. The molecule has 2 aromatic rings. The minimum Gasteiger partial charge on any atom is -0.264 e. The number of rotatable bonds is 2. The summed E-state index contributed by atoms with van der Waals surface area (Å²) in [6.45, 7) is 4.20. The topological polar surface area (TPSA) is 36.7 Å².